The SMILES string of the molecule is CCOC(=O)CN1CCC(CNC2CC2)CC1. The van der Waals surface area contributed by atoms with E-state index in [1.807, 2.05) is 6.92 Å². The Labute approximate surface area is 104 Å². The molecule has 2 rings (SSSR count). The van der Waals surface area contributed by atoms with Crippen molar-refractivity contribution < 1.29 is 9.53 Å². The molecule has 2 aliphatic rings. The number of nitrogens with one attached hydrogen (secondary N) is 1. The topological polar surface area (TPSA) is 41.6 Å². The lowest BCUT2D eigenvalue weighted by atomic mass is 9.97. The highest BCUT2D eigenvalue weighted by molar-refractivity contribution is 5.71. The first-order valence-electron chi connectivity index (χ1n) is 6.89. The van der Waals surface area contributed by atoms with Crippen molar-refractivity contribution in [3.8, 4) is 0 Å². The summed E-state index contributed by atoms with van der Waals surface area (Å²) >= 11 is 0. The van der Waals surface area contributed by atoms with E-state index in [0.29, 0.717) is 13.2 Å². The van der Waals surface area contributed by atoms with Crippen LogP contribution in [-0.2, 0) is 9.53 Å². The summed E-state index contributed by atoms with van der Waals surface area (Å²) in [6.07, 6.45) is 5.14. The van der Waals surface area contributed by atoms with E-state index in [9.17, 15) is 4.79 Å². The number of hydrogen-bond acceptors (Lipinski definition) is 4. The maximum absolute atomic E-state index is 11.3. The molecule has 4 nitrogen and oxygen atoms in total. The first-order valence-corrected chi connectivity index (χ1v) is 6.89. The molecule has 0 spiro atoms. The molecule has 1 heterocycles. The van der Waals surface area contributed by atoms with Gasteiger partial charge in [0.25, 0.3) is 0 Å². The van der Waals surface area contributed by atoms with Gasteiger partial charge in [-0.15, -0.1) is 0 Å². The van der Waals surface area contributed by atoms with E-state index >= 15 is 0 Å². The van der Waals surface area contributed by atoms with Crippen LogP contribution in [-0.4, -0.2) is 49.7 Å². The minimum atomic E-state index is -0.0814. The molecule has 0 amide bonds. The van der Waals surface area contributed by atoms with Crippen molar-refractivity contribution in [2.45, 2.75) is 38.6 Å². The number of esters is 1. The third kappa shape index (κ3) is 4.64. The van der Waals surface area contributed by atoms with E-state index in [4.69, 9.17) is 4.74 Å². The number of rotatable bonds is 6. The highest BCUT2D eigenvalue weighted by atomic mass is 16.5. The monoisotopic (exact) mass is 240 g/mol. The molecule has 98 valence electrons. The second-order valence-electron chi connectivity index (χ2n) is 5.21. The van der Waals surface area contributed by atoms with Crippen molar-refractivity contribution in [3.05, 3.63) is 0 Å². The predicted octanol–water partition coefficient (Wildman–Crippen LogP) is 1.01. The maximum atomic E-state index is 11.3. The Morgan fingerprint density at radius 3 is 2.59 bits per heavy atom. The minimum absolute atomic E-state index is 0.0814. The zero-order valence-corrected chi connectivity index (χ0v) is 10.8. The number of piperidine rings is 1. The summed E-state index contributed by atoms with van der Waals surface area (Å²) in [7, 11) is 0. The highest BCUT2D eigenvalue weighted by Gasteiger charge is 2.24. The molecule has 17 heavy (non-hydrogen) atoms. The standard InChI is InChI=1S/C13H24N2O2/c1-2-17-13(16)10-15-7-5-11(6-8-15)9-14-12-3-4-12/h11-12,14H,2-10H2,1H3. The molecule has 1 saturated heterocycles. The van der Waals surface area contributed by atoms with Gasteiger partial charge in [-0.3, -0.25) is 9.69 Å². The lowest BCUT2D eigenvalue weighted by Gasteiger charge is -2.31. The number of hydrogen-bond donors (Lipinski definition) is 1. The molecule has 1 saturated carbocycles. The van der Waals surface area contributed by atoms with Crippen molar-refractivity contribution >= 4 is 5.97 Å². The number of ether oxygens (including phenoxy) is 1. The van der Waals surface area contributed by atoms with Crippen LogP contribution in [0.1, 0.15) is 32.6 Å². The Hall–Kier alpha value is -0.610. The van der Waals surface area contributed by atoms with Gasteiger partial charge in [0.2, 0.25) is 0 Å². The molecule has 1 N–H and O–H groups in total. The van der Waals surface area contributed by atoms with Gasteiger partial charge < -0.3 is 10.1 Å². The highest BCUT2D eigenvalue weighted by Crippen LogP contribution is 2.21. The molecule has 1 aliphatic heterocycles. The number of likely N-dealkylation sites (tertiary alicyclic amines) is 1. The van der Waals surface area contributed by atoms with Crippen LogP contribution in [0.25, 0.3) is 0 Å². The molecule has 4 heteroatoms. The Balaban J connectivity index is 1.58. The molecule has 2 fully saturated rings. The fourth-order valence-corrected chi connectivity index (χ4v) is 2.36. The average Bonchev–Trinajstić information content (AvgIpc) is 3.12. The summed E-state index contributed by atoms with van der Waals surface area (Å²) in [4.78, 5) is 13.6. The fraction of sp³-hybridized carbons (Fsp3) is 0.923. The van der Waals surface area contributed by atoms with Crippen LogP contribution in [0, 0.1) is 5.92 Å². The Morgan fingerprint density at radius 1 is 1.29 bits per heavy atom. The number of nitrogens with zero attached hydrogens (tertiary/aromatic N) is 1. The van der Waals surface area contributed by atoms with Crippen LogP contribution in [0.3, 0.4) is 0 Å². The predicted molar refractivity (Wildman–Crippen MR) is 66.8 cm³/mol. The summed E-state index contributed by atoms with van der Waals surface area (Å²) in [6.45, 7) is 6.05. The van der Waals surface area contributed by atoms with Gasteiger partial charge >= 0.3 is 5.97 Å². The van der Waals surface area contributed by atoms with Gasteiger partial charge in [-0.25, -0.2) is 0 Å². The Bertz CT molecular complexity index is 246. The van der Waals surface area contributed by atoms with Crippen molar-refractivity contribution in [3.63, 3.8) is 0 Å². The van der Waals surface area contributed by atoms with Gasteiger partial charge in [-0.05, 0) is 58.2 Å². The summed E-state index contributed by atoms with van der Waals surface area (Å²) in [5.74, 6) is 0.719. The molecular formula is C13H24N2O2. The second-order valence-corrected chi connectivity index (χ2v) is 5.21. The molecule has 1 aliphatic carbocycles. The van der Waals surface area contributed by atoms with Gasteiger partial charge in [0.15, 0.2) is 0 Å². The Kier molecular flexibility index (Phi) is 4.80. The zero-order chi connectivity index (χ0) is 12.1. The first kappa shape index (κ1) is 12.8. The summed E-state index contributed by atoms with van der Waals surface area (Å²) in [5, 5.41) is 3.59. The van der Waals surface area contributed by atoms with Crippen molar-refractivity contribution in [2.24, 2.45) is 5.92 Å². The lowest BCUT2D eigenvalue weighted by molar-refractivity contribution is -0.144. The zero-order valence-electron chi connectivity index (χ0n) is 10.8. The van der Waals surface area contributed by atoms with Crippen LogP contribution < -0.4 is 5.32 Å². The quantitative estimate of drug-likeness (QED) is 0.704. The summed E-state index contributed by atoms with van der Waals surface area (Å²) in [6, 6.07) is 0.813. The van der Waals surface area contributed by atoms with E-state index in [-0.39, 0.29) is 5.97 Å². The molecular weight excluding hydrogens is 216 g/mol. The molecule has 0 atom stereocenters. The van der Waals surface area contributed by atoms with E-state index in [2.05, 4.69) is 10.2 Å². The molecule has 0 aromatic rings. The third-order valence-corrected chi connectivity index (χ3v) is 3.64. The van der Waals surface area contributed by atoms with E-state index < -0.39 is 0 Å². The molecule has 0 bridgehead atoms. The van der Waals surface area contributed by atoms with Crippen LogP contribution in [0.15, 0.2) is 0 Å². The second kappa shape index (κ2) is 6.36. The number of carbonyl (C=O) groups excluding carboxylic acids is 1. The van der Waals surface area contributed by atoms with E-state index in [1.54, 1.807) is 0 Å². The number of carbonyl (C=O) groups is 1. The molecule has 0 radical (unpaired) electrons. The van der Waals surface area contributed by atoms with Gasteiger partial charge in [-0.1, -0.05) is 0 Å². The van der Waals surface area contributed by atoms with Crippen LogP contribution in [0.2, 0.25) is 0 Å². The van der Waals surface area contributed by atoms with Crippen LogP contribution in [0.5, 0.6) is 0 Å². The van der Waals surface area contributed by atoms with Gasteiger partial charge in [0, 0.05) is 6.04 Å². The van der Waals surface area contributed by atoms with Gasteiger partial charge in [0.05, 0.1) is 13.2 Å². The molecule has 0 aromatic carbocycles. The van der Waals surface area contributed by atoms with Crippen LogP contribution in [0.4, 0.5) is 0 Å². The van der Waals surface area contributed by atoms with E-state index in [0.717, 1.165) is 31.6 Å². The maximum Gasteiger partial charge on any atom is 0.320 e. The smallest absolute Gasteiger partial charge is 0.320 e. The lowest BCUT2D eigenvalue weighted by Crippen LogP contribution is -2.40. The molecule has 0 unspecified atom stereocenters. The third-order valence-electron chi connectivity index (χ3n) is 3.64. The fourth-order valence-electron chi connectivity index (χ4n) is 2.36. The first-order chi connectivity index (χ1) is 8.28. The van der Waals surface area contributed by atoms with Gasteiger partial charge in [-0.2, -0.15) is 0 Å². The van der Waals surface area contributed by atoms with Gasteiger partial charge in [0.1, 0.15) is 0 Å². The average molecular weight is 240 g/mol. The normalized spacial score (nSPS) is 22.6. The summed E-state index contributed by atoms with van der Waals surface area (Å²) in [5.41, 5.74) is 0. The summed E-state index contributed by atoms with van der Waals surface area (Å²) < 4.78 is 4.97. The van der Waals surface area contributed by atoms with Crippen molar-refractivity contribution in [1.82, 2.24) is 10.2 Å². The van der Waals surface area contributed by atoms with E-state index in [1.165, 1.54) is 25.7 Å². The molecule has 0 aromatic heterocycles. The minimum Gasteiger partial charge on any atom is -0.465 e. The van der Waals surface area contributed by atoms with Crippen molar-refractivity contribution in [2.75, 3.05) is 32.8 Å². The Morgan fingerprint density at radius 2 is 2.00 bits per heavy atom. The van der Waals surface area contributed by atoms with Crippen LogP contribution >= 0.6 is 0 Å². The largest absolute Gasteiger partial charge is 0.465 e. The van der Waals surface area contributed by atoms with Crippen molar-refractivity contribution in [1.29, 1.82) is 0 Å².